The van der Waals surface area contributed by atoms with E-state index in [0.29, 0.717) is 0 Å². The summed E-state index contributed by atoms with van der Waals surface area (Å²) in [7, 11) is 0. The fraction of sp³-hybridized carbons (Fsp3) is 0.333. The fourth-order valence-corrected chi connectivity index (χ4v) is 2.82. The molecule has 92 valence electrons. The molecule has 0 aromatic carbocycles. The third-order valence-electron chi connectivity index (χ3n) is 3.88. The first-order valence-electron chi connectivity index (χ1n) is 6.26. The van der Waals surface area contributed by atoms with Crippen LogP contribution < -0.4 is 0 Å². The zero-order chi connectivity index (χ0) is 12.6. The van der Waals surface area contributed by atoms with Crippen LogP contribution in [-0.4, -0.2) is 15.1 Å². The van der Waals surface area contributed by atoms with Gasteiger partial charge in [0.2, 0.25) is 0 Å². The number of nitrogens with zero attached hydrogens (tertiary/aromatic N) is 2. The first kappa shape index (κ1) is 11.4. The lowest BCUT2D eigenvalue weighted by Crippen LogP contribution is -2.29. The third-order valence-corrected chi connectivity index (χ3v) is 3.88. The molecule has 0 saturated heterocycles. The first-order chi connectivity index (χ1) is 8.69. The van der Waals surface area contributed by atoms with Crippen LogP contribution in [0.5, 0.6) is 0 Å². The highest BCUT2D eigenvalue weighted by Crippen LogP contribution is 2.43. The molecule has 2 aromatic rings. The maximum atomic E-state index is 10.9. The molecular weight excluding hydrogens is 224 g/mol. The molecule has 2 heterocycles. The molecule has 0 aliphatic heterocycles. The molecule has 2 aromatic heterocycles. The Kier molecular flexibility index (Phi) is 2.63. The molecule has 0 spiro atoms. The third kappa shape index (κ3) is 1.71. The number of pyridine rings is 2. The lowest BCUT2D eigenvalue weighted by Gasteiger charge is -2.30. The van der Waals surface area contributed by atoms with E-state index >= 15 is 0 Å². The number of fused-ring (bicyclic) bond motifs is 1. The zero-order valence-corrected chi connectivity index (χ0v) is 10.4. The SMILES string of the molecule is CC(O)(c1cccnc1)C1CCc2cccnc21. The highest BCUT2D eigenvalue weighted by molar-refractivity contribution is 5.34. The van der Waals surface area contributed by atoms with E-state index in [4.69, 9.17) is 0 Å². The van der Waals surface area contributed by atoms with Gasteiger partial charge in [-0.1, -0.05) is 12.1 Å². The van der Waals surface area contributed by atoms with Crippen molar-refractivity contribution in [2.75, 3.05) is 0 Å². The summed E-state index contributed by atoms with van der Waals surface area (Å²) < 4.78 is 0. The molecule has 3 nitrogen and oxygen atoms in total. The molecular formula is C15H16N2O. The second-order valence-electron chi connectivity index (χ2n) is 5.03. The van der Waals surface area contributed by atoms with Gasteiger partial charge in [-0.3, -0.25) is 9.97 Å². The number of aliphatic hydroxyl groups is 1. The predicted octanol–water partition coefficient (Wildman–Crippen LogP) is 2.41. The van der Waals surface area contributed by atoms with Crippen LogP contribution in [0.2, 0.25) is 0 Å². The monoisotopic (exact) mass is 240 g/mol. The summed E-state index contributed by atoms with van der Waals surface area (Å²) in [5.74, 6) is 0.0536. The van der Waals surface area contributed by atoms with Crippen molar-refractivity contribution < 1.29 is 5.11 Å². The van der Waals surface area contributed by atoms with Crippen LogP contribution in [0.1, 0.15) is 36.1 Å². The molecule has 0 radical (unpaired) electrons. The molecule has 0 bridgehead atoms. The average molecular weight is 240 g/mol. The Morgan fingerprint density at radius 3 is 2.89 bits per heavy atom. The summed E-state index contributed by atoms with van der Waals surface area (Å²) in [6, 6.07) is 7.84. The summed E-state index contributed by atoms with van der Waals surface area (Å²) in [6.45, 7) is 1.86. The molecule has 2 unspecified atom stereocenters. The van der Waals surface area contributed by atoms with E-state index in [1.165, 1.54) is 5.56 Å². The lowest BCUT2D eigenvalue weighted by atomic mass is 9.82. The van der Waals surface area contributed by atoms with Crippen LogP contribution in [0.3, 0.4) is 0 Å². The van der Waals surface area contributed by atoms with Gasteiger partial charge in [0.15, 0.2) is 0 Å². The summed E-state index contributed by atoms with van der Waals surface area (Å²) in [5, 5.41) is 10.9. The van der Waals surface area contributed by atoms with E-state index in [0.717, 1.165) is 24.1 Å². The van der Waals surface area contributed by atoms with Crippen molar-refractivity contribution in [3.05, 3.63) is 59.7 Å². The minimum absolute atomic E-state index is 0.0536. The standard InChI is InChI=1S/C15H16N2O/c1-15(18,12-5-3-8-16-10-12)13-7-6-11-4-2-9-17-14(11)13/h2-5,8-10,13,18H,6-7H2,1H3. The Bertz CT molecular complexity index is 551. The maximum absolute atomic E-state index is 10.9. The second kappa shape index (κ2) is 4.18. The number of aryl methyl sites for hydroxylation is 1. The van der Waals surface area contributed by atoms with Crippen LogP contribution in [0, 0.1) is 0 Å². The predicted molar refractivity (Wildman–Crippen MR) is 69.1 cm³/mol. The molecule has 18 heavy (non-hydrogen) atoms. The van der Waals surface area contributed by atoms with E-state index in [9.17, 15) is 5.11 Å². The molecule has 2 atom stereocenters. The smallest absolute Gasteiger partial charge is 0.0966 e. The van der Waals surface area contributed by atoms with Gasteiger partial charge in [-0.25, -0.2) is 0 Å². The van der Waals surface area contributed by atoms with Crippen LogP contribution in [0.4, 0.5) is 0 Å². The molecule has 1 aliphatic carbocycles. The summed E-state index contributed by atoms with van der Waals surface area (Å²) in [4.78, 5) is 8.55. The quantitative estimate of drug-likeness (QED) is 0.876. The summed E-state index contributed by atoms with van der Waals surface area (Å²) in [6.07, 6.45) is 7.19. The van der Waals surface area contributed by atoms with Gasteiger partial charge >= 0.3 is 0 Å². The largest absolute Gasteiger partial charge is 0.385 e. The Hall–Kier alpha value is -1.74. The van der Waals surface area contributed by atoms with Crippen molar-refractivity contribution >= 4 is 0 Å². The number of hydrogen-bond acceptors (Lipinski definition) is 3. The molecule has 0 amide bonds. The van der Waals surface area contributed by atoms with Crippen LogP contribution in [0.15, 0.2) is 42.9 Å². The molecule has 3 rings (SSSR count). The maximum Gasteiger partial charge on any atom is 0.0966 e. The van der Waals surface area contributed by atoms with Crippen LogP contribution in [0.25, 0.3) is 0 Å². The fourth-order valence-electron chi connectivity index (χ4n) is 2.82. The van der Waals surface area contributed by atoms with Gasteiger partial charge in [0.25, 0.3) is 0 Å². The van der Waals surface area contributed by atoms with E-state index in [-0.39, 0.29) is 5.92 Å². The van der Waals surface area contributed by atoms with E-state index < -0.39 is 5.60 Å². The van der Waals surface area contributed by atoms with Gasteiger partial charge in [-0.05, 0) is 37.5 Å². The Labute approximate surface area is 107 Å². The van der Waals surface area contributed by atoms with Crippen molar-refractivity contribution in [2.24, 2.45) is 0 Å². The molecule has 3 heteroatoms. The minimum atomic E-state index is -0.909. The van der Waals surface area contributed by atoms with Crippen molar-refractivity contribution in [3.8, 4) is 0 Å². The van der Waals surface area contributed by atoms with Gasteiger partial charge in [0.1, 0.15) is 0 Å². The first-order valence-corrected chi connectivity index (χ1v) is 6.26. The van der Waals surface area contributed by atoms with Crippen molar-refractivity contribution in [1.82, 2.24) is 9.97 Å². The van der Waals surface area contributed by atoms with Crippen LogP contribution >= 0.6 is 0 Å². The van der Waals surface area contributed by atoms with Gasteiger partial charge in [-0.15, -0.1) is 0 Å². The normalized spacial score (nSPS) is 21.3. The van der Waals surface area contributed by atoms with E-state index in [1.54, 1.807) is 18.6 Å². The Morgan fingerprint density at radius 1 is 1.28 bits per heavy atom. The topological polar surface area (TPSA) is 46.0 Å². The summed E-state index contributed by atoms with van der Waals surface area (Å²) >= 11 is 0. The number of rotatable bonds is 2. The second-order valence-corrected chi connectivity index (χ2v) is 5.03. The van der Waals surface area contributed by atoms with Crippen molar-refractivity contribution in [3.63, 3.8) is 0 Å². The highest BCUT2D eigenvalue weighted by Gasteiger charge is 2.39. The minimum Gasteiger partial charge on any atom is -0.385 e. The highest BCUT2D eigenvalue weighted by atomic mass is 16.3. The number of hydrogen-bond donors (Lipinski definition) is 1. The molecule has 0 fully saturated rings. The number of aromatic nitrogens is 2. The van der Waals surface area contributed by atoms with Crippen molar-refractivity contribution in [1.29, 1.82) is 0 Å². The molecule has 0 saturated carbocycles. The lowest BCUT2D eigenvalue weighted by molar-refractivity contribution is 0.0253. The summed E-state index contributed by atoms with van der Waals surface area (Å²) in [5.41, 5.74) is 2.24. The molecule has 1 N–H and O–H groups in total. The van der Waals surface area contributed by atoms with E-state index in [1.807, 2.05) is 25.1 Å². The van der Waals surface area contributed by atoms with Gasteiger partial charge in [-0.2, -0.15) is 0 Å². The van der Waals surface area contributed by atoms with Gasteiger partial charge in [0, 0.05) is 35.8 Å². The van der Waals surface area contributed by atoms with E-state index in [2.05, 4.69) is 16.0 Å². The van der Waals surface area contributed by atoms with Crippen molar-refractivity contribution in [2.45, 2.75) is 31.3 Å². The Morgan fingerprint density at radius 2 is 2.11 bits per heavy atom. The van der Waals surface area contributed by atoms with Gasteiger partial charge < -0.3 is 5.11 Å². The zero-order valence-electron chi connectivity index (χ0n) is 10.4. The Balaban J connectivity index is 2.02. The van der Waals surface area contributed by atoms with Gasteiger partial charge in [0.05, 0.1) is 5.60 Å². The average Bonchev–Trinajstić information content (AvgIpc) is 2.84. The molecule has 1 aliphatic rings. The van der Waals surface area contributed by atoms with Crippen LogP contribution in [-0.2, 0) is 12.0 Å².